The Labute approximate surface area is 134 Å². The van der Waals surface area contributed by atoms with Gasteiger partial charge in [-0.1, -0.05) is 35.9 Å². The third-order valence-electron chi connectivity index (χ3n) is 3.31. The Kier molecular flexibility index (Phi) is 4.39. The Hall–Kier alpha value is -2.33. The van der Waals surface area contributed by atoms with Crippen LogP contribution in [0.3, 0.4) is 0 Å². The van der Waals surface area contributed by atoms with Crippen LogP contribution < -0.4 is 10.6 Å². The first-order chi connectivity index (χ1) is 10.8. The lowest BCUT2D eigenvalue weighted by Crippen LogP contribution is -2.07. The summed E-state index contributed by atoms with van der Waals surface area (Å²) in [6, 6.07) is 15.7. The average Bonchev–Trinajstić information content (AvgIpc) is 2.55. The Morgan fingerprint density at radius 2 is 1.73 bits per heavy atom. The van der Waals surface area contributed by atoms with Crippen LogP contribution in [0.15, 0.2) is 48.5 Å². The van der Waals surface area contributed by atoms with E-state index in [1.165, 1.54) is 0 Å². The smallest absolute Gasteiger partial charge is 0.225 e. The zero-order chi connectivity index (χ0) is 15.4. The molecule has 2 aromatic carbocycles. The number of nitrogens with one attached hydrogen (secondary N) is 2. The summed E-state index contributed by atoms with van der Waals surface area (Å²) in [5, 5.41) is 8.32. The third-order valence-corrected chi connectivity index (χ3v) is 3.56. The molecule has 1 heterocycles. The molecule has 0 aliphatic heterocycles. The minimum Gasteiger partial charge on any atom is -0.370 e. The zero-order valence-electron chi connectivity index (χ0n) is 12.3. The van der Waals surface area contributed by atoms with Gasteiger partial charge in [0.15, 0.2) is 0 Å². The third kappa shape index (κ3) is 3.28. The molecule has 3 rings (SSSR count). The van der Waals surface area contributed by atoms with E-state index in [1.807, 2.05) is 48.5 Å². The number of nitrogens with zero attached hydrogens (tertiary/aromatic N) is 2. The van der Waals surface area contributed by atoms with Crippen LogP contribution in [0.1, 0.15) is 12.5 Å². The fourth-order valence-electron chi connectivity index (χ4n) is 2.24. The molecule has 112 valence electrons. The van der Waals surface area contributed by atoms with Gasteiger partial charge in [-0.15, -0.1) is 0 Å². The first kappa shape index (κ1) is 14.6. The maximum absolute atomic E-state index is 5.90. The van der Waals surface area contributed by atoms with Gasteiger partial charge in [0, 0.05) is 23.5 Å². The molecule has 0 amide bonds. The lowest BCUT2D eigenvalue weighted by Gasteiger charge is -2.11. The van der Waals surface area contributed by atoms with Crippen LogP contribution in [0.2, 0.25) is 5.02 Å². The Morgan fingerprint density at radius 1 is 0.955 bits per heavy atom. The summed E-state index contributed by atoms with van der Waals surface area (Å²) < 4.78 is 0. The van der Waals surface area contributed by atoms with Crippen LogP contribution in [0.25, 0.3) is 10.9 Å². The van der Waals surface area contributed by atoms with Crippen molar-refractivity contribution >= 4 is 34.3 Å². The maximum Gasteiger partial charge on any atom is 0.225 e. The summed E-state index contributed by atoms with van der Waals surface area (Å²) in [7, 11) is 0. The quantitative estimate of drug-likeness (QED) is 0.736. The minimum absolute atomic E-state index is 0.615. The predicted molar refractivity (Wildman–Crippen MR) is 92.5 cm³/mol. The second kappa shape index (κ2) is 6.62. The largest absolute Gasteiger partial charge is 0.370 e. The molecule has 0 radical (unpaired) electrons. The molecule has 0 aliphatic rings. The lowest BCUT2D eigenvalue weighted by atomic mass is 10.2. The first-order valence-electron chi connectivity index (χ1n) is 7.25. The number of hydrogen-bond acceptors (Lipinski definition) is 4. The number of benzene rings is 2. The van der Waals surface area contributed by atoms with E-state index >= 15 is 0 Å². The highest BCUT2D eigenvalue weighted by atomic mass is 35.5. The van der Waals surface area contributed by atoms with Crippen LogP contribution in [-0.2, 0) is 6.54 Å². The molecule has 3 aromatic rings. The van der Waals surface area contributed by atoms with E-state index in [0.717, 1.165) is 33.9 Å². The molecule has 0 atom stereocenters. The molecule has 0 bridgehead atoms. The highest BCUT2D eigenvalue weighted by molar-refractivity contribution is 6.30. The molecule has 22 heavy (non-hydrogen) atoms. The number of hydrogen-bond donors (Lipinski definition) is 2. The molecule has 0 spiro atoms. The van der Waals surface area contributed by atoms with Gasteiger partial charge in [-0.25, -0.2) is 4.98 Å². The van der Waals surface area contributed by atoms with Crippen molar-refractivity contribution in [2.75, 3.05) is 17.2 Å². The lowest BCUT2D eigenvalue weighted by molar-refractivity contribution is 1.06. The molecule has 0 unspecified atom stereocenters. The first-order valence-corrected chi connectivity index (χ1v) is 7.63. The number of rotatable bonds is 5. The summed E-state index contributed by atoms with van der Waals surface area (Å²) in [5.74, 6) is 1.47. The van der Waals surface area contributed by atoms with Crippen molar-refractivity contribution < 1.29 is 0 Å². The summed E-state index contributed by atoms with van der Waals surface area (Å²) in [4.78, 5) is 9.13. The van der Waals surface area contributed by atoms with Gasteiger partial charge in [0.1, 0.15) is 5.82 Å². The van der Waals surface area contributed by atoms with Gasteiger partial charge in [0.2, 0.25) is 5.95 Å². The molecular weight excluding hydrogens is 296 g/mol. The van der Waals surface area contributed by atoms with Gasteiger partial charge in [-0.05, 0) is 36.8 Å². The van der Waals surface area contributed by atoms with Gasteiger partial charge < -0.3 is 10.6 Å². The van der Waals surface area contributed by atoms with Gasteiger partial charge in [-0.2, -0.15) is 4.98 Å². The zero-order valence-corrected chi connectivity index (χ0v) is 13.1. The number of halogens is 1. The summed E-state index contributed by atoms with van der Waals surface area (Å²) in [5.41, 5.74) is 2.05. The van der Waals surface area contributed by atoms with E-state index in [4.69, 9.17) is 11.6 Å². The molecular formula is C17H17ClN4. The SMILES string of the molecule is CCNc1nc(NCc2ccc(Cl)cc2)nc2ccccc12. The fraction of sp³-hybridized carbons (Fsp3) is 0.176. The van der Waals surface area contributed by atoms with Crippen molar-refractivity contribution in [3.63, 3.8) is 0 Å². The molecule has 2 N–H and O–H groups in total. The summed E-state index contributed by atoms with van der Waals surface area (Å²) in [6.45, 7) is 3.52. The van der Waals surface area contributed by atoms with E-state index in [9.17, 15) is 0 Å². The van der Waals surface area contributed by atoms with Crippen molar-refractivity contribution in [3.05, 3.63) is 59.1 Å². The highest BCUT2D eigenvalue weighted by Crippen LogP contribution is 2.22. The molecule has 5 heteroatoms. The topological polar surface area (TPSA) is 49.8 Å². The van der Waals surface area contributed by atoms with E-state index in [2.05, 4.69) is 27.5 Å². The number of para-hydroxylation sites is 1. The van der Waals surface area contributed by atoms with Gasteiger partial charge >= 0.3 is 0 Å². The van der Waals surface area contributed by atoms with Crippen LogP contribution in [-0.4, -0.2) is 16.5 Å². The number of anilines is 2. The van der Waals surface area contributed by atoms with Gasteiger partial charge in [0.25, 0.3) is 0 Å². The predicted octanol–water partition coefficient (Wildman–Crippen LogP) is 4.33. The van der Waals surface area contributed by atoms with E-state index in [-0.39, 0.29) is 0 Å². The fourth-order valence-corrected chi connectivity index (χ4v) is 2.37. The number of aromatic nitrogens is 2. The molecule has 0 fully saturated rings. The van der Waals surface area contributed by atoms with Crippen molar-refractivity contribution in [1.82, 2.24) is 9.97 Å². The van der Waals surface area contributed by atoms with E-state index in [0.29, 0.717) is 12.5 Å². The summed E-state index contributed by atoms with van der Waals surface area (Å²) >= 11 is 5.90. The Balaban J connectivity index is 1.85. The van der Waals surface area contributed by atoms with Crippen LogP contribution >= 0.6 is 11.6 Å². The molecule has 0 aliphatic carbocycles. The van der Waals surface area contributed by atoms with Gasteiger partial charge in [0.05, 0.1) is 5.52 Å². The van der Waals surface area contributed by atoms with Crippen LogP contribution in [0.4, 0.5) is 11.8 Å². The van der Waals surface area contributed by atoms with Crippen molar-refractivity contribution in [3.8, 4) is 0 Å². The molecule has 1 aromatic heterocycles. The van der Waals surface area contributed by atoms with E-state index < -0.39 is 0 Å². The molecule has 0 saturated heterocycles. The second-order valence-corrected chi connectivity index (χ2v) is 5.36. The minimum atomic E-state index is 0.615. The summed E-state index contributed by atoms with van der Waals surface area (Å²) in [6.07, 6.45) is 0. The van der Waals surface area contributed by atoms with E-state index in [1.54, 1.807) is 0 Å². The Morgan fingerprint density at radius 3 is 2.50 bits per heavy atom. The standard InChI is InChI=1S/C17H17ClN4/c1-2-19-16-14-5-3-4-6-15(14)21-17(22-16)20-11-12-7-9-13(18)10-8-12/h3-10H,2,11H2,1H3,(H2,19,20,21,22). The highest BCUT2D eigenvalue weighted by Gasteiger charge is 2.06. The van der Waals surface area contributed by atoms with Gasteiger partial charge in [-0.3, -0.25) is 0 Å². The molecule has 0 saturated carbocycles. The van der Waals surface area contributed by atoms with Crippen molar-refractivity contribution in [2.45, 2.75) is 13.5 Å². The monoisotopic (exact) mass is 312 g/mol. The molecule has 4 nitrogen and oxygen atoms in total. The Bertz CT molecular complexity index is 771. The van der Waals surface area contributed by atoms with Crippen molar-refractivity contribution in [1.29, 1.82) is 0 Å². The second-order valence-electron chi connectivity index (χ2n) is 4.92. The number of fused-ring (bicyclic) bond motifs is 1. The van der Waals surface area contributed by atoms with Crippen LogP contribution in [0.5, 0.6) is 0 Å². The maximum atomic E-state index is 5.90. The van der Waals surface area contributed by atoms with Crippen molar-refractivity contribution in [2.24, 2.45) is 0 Å². The normalized spacial score (nSPS) is 10.6. The average molecular weight is 313 g/mol. The van der Waals surface area contributed by atoms with Crippen LogP contribution in [0, 0.1) is 0 Å².